The van der Waals surface area contributed by atoms with Gasteiger partial charge in [0.05, 0.1) is 11.3 Å². The summed E-state index contributed by atoms with van der Waals surface area (Å²) in [7, 11) is -4.19. The van der Waals surface area contributed by atoms with Crippen molar-refractivity contribution in [3.63, 3.8) is 0 Å². The van der Waals surface area contributed by atoms with E-state index in [1.165, 1.54) is 37.8 Å². The second-order valence-corrected chi connectivity index (χ2v) is 11.7. The number of benzene rings is 1. The monoisotopic (exact) mass is 530 g/mol. The Balaban J connectivity index is 1.40. The van der Waals surface area contributed by atoms with Crippen molar-refractivity contribution in [1.29, 1.82) is 0 Å². The maximum absolute atomic E-state index is 13.7. The minimum absolute atomic E-state index is 0.203. The van der Waals surface area contributed by atoms with Crippen LogP contribution in [0.4, 0.5) is 24.8 Å². The lowest BCUT2D eigenvalue weighted by Crippen LogP contribution is -2.39. The van der Waals surface area contributed by atoms with Crippen molar-refractivity contribution in [3.05, 3.63) is 65.7 Å². The Morgan fingerprint density at radius 3 is 2.27 bits per heavy atom. The lowest BCUT2D eigenvalue weighted by Gasteiger charge is -2.40. The predicted octanol–water partition coefficient (Wildman–Crippen LogP) is 6.43. The van der Waals surface area contributed by atoms with E-state index in [-0.39, 0.29) is 22.1 Å². The molecule has 0 unspecified atom stereocenters. The Kier molecular flexibility index (Phi) is 6.64. The predicted molar refractivity (Wildman–Crippen MR) is 137 cm³/mol. The Hall–Kier alpha value is -3.14. The van der Waals surface area contributed by atoms with Crippen LogP contribution in [0.2, 0.25) is 0 Å². The molecule has 10 heteroatoms. The van der Waals surface area contributed by atoms with E-state index < -0.39 is 21.8 Å². The topological polar surface area (TPSA) is 75.2 Å². The van der Waals surface area contributed by atoms with E-state index in [1.54, 1.807) is 37.3 Å². The number of rotatable bonds is 5. The minimum atomic E-state index is -4.65. The lowest BCUT2D eigenvalue weighted by atomic mass is 9.77. The number of anilines is 2. The Bertz CT molecular complexity index is 1390. The van der Waals surface area contributed by atoms with Crippen LogP contribution in [-0.2, 0) is 16.2 Å². The number of hydrogen-bond acceptors (Lipinski definition) is 5. The van der Waals surface area contributed by atoms with Gasteiger partial charge in [-0.25, -0.2) is 9.97 Å². The lowest BCUT2D eigenvalue weighted by molar-refractivity contribution is -0.137. The highest BCUT2D eigenvalue weighted by Crippen LogP contribution is 2.46. The molecule has 1 aliphatic heterocycles. The molecule has 5 rings (SSSR count). The molecular weight excluding hydrogens is 501 g/mol. The van der Waals surface area contributed by atoms with Crippen LogP contribution >= 0.6 is 0 Å². The first-order valence-corrected chi connectivity index (χ1v) is 13.9. The summed E-state index contributed by atoms with van der Waals surface area (Å²) in [4.78, 5) is 10.6. The fraction of sp³-hybridized carbons (Fsp3) is 0.407. The molecule has 0 bridgehead atoms. The molecule has 37 heavy (non-hydrogen) atoms. The second kappa shape index (κ2) is 9.63. The van der Waals surface area contributed by atoms with E-state index >= 15 is 0 Å². The smallest absolute Gasteiger partial charge is 0.357 e. The fourth-order valence-electron chi connectivity index (χ4n) is 5.54. The maximum atomic E-state index is 13.7. The molecule has 1 saturated heterocycles. The number of sulfonamides is 1. The van der Waals surface area contributed by atoms with Crippen molar-refractivity contribution in [3.8, 4) is 11.3 Å². The molecule has 2 aromatic heterocycles. The molecule has 1 aliphatic carbocycles. The summed E-state index contributed by atoms with van der Waals surface area (Å²) >= 11 is 0. The summed E-state index contributed by atoms with van der Waals surface area (Å²) in [6, 6.07) is 13.2. The minimum Gasteiger partial charge on any atom is -0.357 e. The summed E-state index contributed by atoms with van der Waals surface area (Å²) in [6.07, 6.45) is 2.57. The maximum Gasteiger partial charge on any atom is 0.418 e. The molecule has 0 radical (unpaired) electrons. The van der Waals surface area contributed by atoms with E-state index in [0.717, 1.165) is 38.1 Å². The van der Waals surface area contributed by atoms with Gasteiger partial charge in [0, 0.05) is 18.7 Å². The highest BCUT2D eigenvalue weighted by Gasteiger charge is 2.38. The SMILES string of the molecule is Cc1ccccc1-c1nc(NS(=O)(=O)c2cccc(N3CCC4(CCCC4)CC3)n2)ccc1C(F)(F)F. The summed E-state index contributed by atoms with van der Waals surface area (Å²) < 4.78 is 69.9. The molecule has 1 aromatic carbocycles. The number of aromatic nitrogens is 2. The number of piperidine rings is 1. The Morgan fingerprint density at radius 2 is 1.59 bits per heavy atom. The van der Waals surface area contributed by atoms with E-state index in [4.69, 9.17) is 0 Å². The van der Waals surface area contributed by atoms with Crippen LogP contribution in [0, 0.1) is 12.3 Å². The van der Waals surface area contributed by atoms with Gasteiger partial charge in [0.15, 0.2) is 5.03 Å². The van der Waals surface area contributed by atoms with Gasteiger partial charge < -0.3 is 4.90 Å². The number of pyridine rings is 2. The molecule has 0 amide bonds. The number of alkyl halides is 3. The number of hydrogen-bond donors (Lipinski definition) is 1. The summed E-state index contributed by atoms with van der Waals surface area (Å²) in [5.41, 5.74) is 0.0266. The molecule has 1 saturated carbocycles. The van der Waals surface area contributed by atoms with Gasteiger partial charge in [-0.05, 0) is 67.9 Å². The zero-order chi connectivity index (χ0) is 26.3. The summed E-state index contributed by atoms with van der Waals surface area (Å²) in [5, 5.41) is -0.203. The third kappa shape index (κ3) is 5.30. The van der Waals surface area contributed by atoms with Gasteiger partial charge in [-0.1, -0.05) is 43.2 Å². The van der Waals surface area contributed by atoms with Gasteiger partial charge in [-0.2, -0.15) is 21.6 Å². The van der Waals surface area contributed by atoms with E-state index in [9.17, 15) is 21.6 Å². The van der Waals surface area contributed by atoms with Crippen molar-refractivity contribution in [2.75, 3.05) is 22.7 Å². The molecule has 0 atom stereocenters. The first kappa shape index (κ1) is 25.5. The van der Waals surface area contributed by atoms with Crippen LogP contribution in [-0.4, -0.2) is 31.5 Å². The first-order chi connectivity index (χ1) is 17.6. The van der Waals surface area contributed by atoms with Crippen molar-refractivity contribution in [1.82, 2.24) is 9.97 Å². The molecule has 2 fully saturated rings. The zero-order valence-corrected chi connectivity index (χ0v) is 21.4. The molecule has 1 N–H and O–H groups in total. The van der Waals surface area contributed by atoms with Gasteiger partial charge in [-0.15, -0.1) is 0 Å². The highest BCUT2D eigenvalue weighted by atomic mass is 32.2. The second-order valence-electron chi connectivity index (χ2n) is 10.0. The van der Waals surface area contributed by atoms with Crippen molar-refractivity contribution in [2.45, 2.75) is 56.7 Å². The van der Waals surface area contributed by atoms with E-state index in [2.05, 4.69) is 19.6 Å². The van der Waals surface area contributed by atoms with Crippen molar-refractivity contribution < 1.29 is 21.6 Å². The van der Waals surface area contributed by atoms with Gasteiger partial charge in [0.25, 0.3) is 10.0 Å². The van der Waals surface area contributed by atoms with Gasteiger partial charge >= 0.3 is 6.18 Å². The third-order valence-electron chi connectivity index (χ3n) is 7.64. The fourth-order valence-corrected chi connectivity index (χ4v) is 6.51. The average molecular weight is 531 g/mol. The molecule has 6 nitrogen and oxygen atoms in total. The van der Waals surface area contributed by atoms with Gasteiger partial charge in [0.1, 0.15) is 11.6 Å². The third-order valence-corrected chi connectivity index (χ3v) is 8.89. The van der Waals surface area contributed by atoms with E-state index in [0.29, 0.717) is 16.8 Å². The van der Waals surface area contributed by atoms with Crippen LogP contribution in [0.3, 0.4) is 0 Å². The molecule has 3 heterocycles. The number of nitrogens with one attached hydrogen (secondary N) is 1. The van der Waals surface area contributed by atoms with Crippen LogP contribution in [0.25, 0.3) is 11.3 Å². The van der Waals surface area contributed by atoms with Gasteiger partial charge in [-0.3, -0.25) is 4.72 Å². The number of halogens is 3. The van der Waals surface area contributed by atoms with Crippen molar-refractivity contribution in [2.24, 2.45) is 5.41 Å². The molecule has 2 aliphatic rings. The Morgan fingerprint density at radius 1 is 0.892 bits per heavy atom. The molecule has 196 valence electrons. The van der Waals surface area contributed by atoms with Crippen LogP contribution in [0.15, 0.2) is 59.6 Å². The quantitative estimate of drug-likeness (QED) is 0.411. The van der Waals surface area contributed by atoms with Crippen molar-refractivity contribution >= 4 is 21.7 Å². The van der Waals surface area contributed by atoms with Crippen LogP contribution in [0.1, 0.15) is 49.7 Å². The normalized spacial score (nSPS) is 17.8. The molecular formula is C27H29F3N4O2S. The zero-order valence-electron chi connectivity index (χ0n) is 20.6. The van der Waals surface area contributed by atoms with Gasteiger partial charge in [0.2, 0.25) is 0 Å². The first-order valence-electron chi connectivity index (χ1n) is 12.5. The molecule has 1 spiro atoms. The van der Waals surface area contributed by atoms with Crippen LogP contribution in [0.5, 0.6) is 0 Å². The Labute approximate surface area is 215 Å². The standard InChI is InChI=1S/C27H29F3N4O2S/c1-19-7-2-3-8-20(19)25-21(27(28,29)30)11-12-22(31-25)33-37(35,36)24-10-6-9-23(32-24)34-17-15-26(16-18-34)13-4-5-14-26/h2-3,6-12H,4-5,13-18H2,1H3,(H,31,33). The highest BCUT2D eigenvalue weighted by molar-refractivity contribution is 7.92. The van der Waals surface area contributed by atoms with Crippen LogP contribution < -0.4 is 9.62 Å². The van der Waals surface area contributed by atoms with E-state index in [1.807, 2.05) is 0 Å². The molecule has 3 aromatic rings. The number of aryl methyl sites for hydroxylation is 1. The largest absolute Gasteiger partial charge is 0.418 e. The number of nitrogens with zero attached hydrogens (tertiary/aromatic N) is 3. The summed E-state index contributed by atoms with van der Waals surface area (Å²) in [6.45, 7) is 3.33. The average Bonchev–Trinajstić information content (AvgIpc) is 3.32. The summed E-state index contributed by atoms with van der Waals surface area (Å²) in [5.74, 6) is 0.372.